The maximum atomic E-state index is 12.7. The molecule has 0 aromatic heterocycles. The lowest BCUT2D eigenvalue weighted by Crippen LogP contribution is -2.49. The summed E-state index contributed by atoms with van der Waals surface area (Å²) in [5, 5.41) is 2.43. The Morgan fingerprint density at radius 1 is 0.857 bits per heavy atom. The fraction of sp³-hybridized carbons (Fsp3) is 0.160. The molecule has 3 N–H and O–H groups in total. The normalized spacial score (nSPS) is 10.1. The Labute approximate surface area is 217 Å². The quantitative estimate of drug-likeness (QED) is 0.208. The van der Waals surface area contributed by atoms with Crippen molar-refractivity contribution in [1.29, 1.82) is 0 Å². The van der Waals surface area contributed by atoms with E-state index in [9.17, 15) is 9.59 Å². The Kier molecular flexibility index (Phi) is 9.88. The number of thiocarbonyl (C=S) groups is 1. The fourth-order valence-corrected chi connectivity index (χ4v) is 3.51. The third kappa shape index (κ3) is 8.58. The first-order valence-electron chi connectivity index (χ1n) is 10.6. The average molecular weight is 558 g/mol. The highest BCUT2D eigenvalue weighted by Gasteiger charge is 2.14. The topological polar surface area (TPSA) is 97.9 Å². The van der Waals surface area contributed by atoms with Crippen LogP contribution in [0.25, 0.3) is 0 Å². The van der Waals surface area contributed by atoms with Crippen LogP contribution in [0.4, 0.5) is 0 Å². The van der Waals surface area contributed by atoms with E-state index in [2.05, 4.69) is 32.1 Å². The molecule has 3 rings (SSSR count). The van der Waals surface area contributed by atoms with Crippen molar-refractivity contribution in [2.24, 2.45) is 0 Å². The van der Waals surface area contributed by atoms with Gasteiger partial charge in [-0.15, -0.1) is 0 Å². The minimum Gasteiger partial charge on any atom is -0.490 e. The Balaban J connectivity index is 1.42. The third-order valence-corrected chi connectivity index (χ3v) is 5.22. The maximum Gasteiger partial charge on any atom is 0.276 e. The van der Waals surface area contributed by atoms with Gasteiger partial charge in [0.05, 0.1) is 5.56 Å². The van der Waals surface area contributed by atoms with E-state index >= 15 is 0 Å². The zero-order valence-corrected chi connectivity index (χ0v) is 21.3. The van der Waals surface area contributed by atoms with E-state index in [0.717, 1.165) is 15.8 Å². The van der Waals surface area contributed by atoms with Crippen LogP contribution in [-0.2, 0) is 4.79 Å². The summed E-state index contributed by atoms with van der Waals surface area (Å²) >= 11 is 8.48. The summed E-state index contributed by atoms with van der Waals surface area (Å²) in [5.74, 6) is 0.749. The van der Waals surface area contributed by atoms with Gasteiger partial charge >= 0.3 is 0 Å². The van der Waals surface area contributed by atoms with Crippen molar-refractivity contribution in [3.05, 3.63) is 88.4 Å². The lowest BCUT2D eigenvalue weighted by molar-refractivity contribution is -0.123. The predicted octanol–water partition coefficient (Wildman–Crippen LogP) is 3.93. The summed E-state index contributed by atoms with van der Waals surface area (Å²) in [7, 11) is 0. The van der Waals surface area contributed by atoms with Gasteiger partial charge in [-0.3, -0.25) is 25.8 Å². The molecule has 0 bridgehead atoms. The number of aryl methyl sites for hydroxylation is 1. The van der Waals surface area contributed by atoms with Crippen molar-refractivity contribution in [1.82, 2.24) is 16.2 Å². The Hall–Kier alpha value is -3.63. The molecule has 0 aliphatic rings. The van der Waals surface area contributed by atoms with Gasteiger partial charge in [0.2, 0.25) is 0 Å². The largest absolute Gasteiger partial charge is 0.490 e. The monoisotopic (exact) mass is 557 g/mol. The zero-order valence-electron chi connectivity index (χ0n) is 18.9. The van der Waals surface area contributed by atoms with E-state index in [0.29, 0.717) is 18.1 Å². The van der Waals surface area contributed by atoms with E-state index in [4.69, 9.17) is 26.4 Å². The van der Waals surface area contributed by atoms with Crippen molar-refractivity contribution < 1.29 is 23.8 Å². The Bertz CT molecular complexity index is 1180. The molecule has 0 aliphatic carbocycles. The van der Waals surface area contributed by atoms with Crippen molar-refractivity contribution >= 4 is 45.1 Å². The summed E-state index contributed by atoms with van der Waals surface area (Å²) in [6, 6.07) is 21.6. The lowest BCUT2D eigenvalue weighted by Gasteiger charge is -2.14. The number of amides is 2. The van der Waals surface area contributed by atoms with E-state index in [1.54, 1.807) is 30.3 Å². The molecule has 35 heavy (non-hydrogen) atoms. The molecule has 0 saturated heterocycles. The Morgan fingerprint density at radius 2 is 1.57 bits per heavy atom. The van der Waals surface area contributed by atoms with Gasteiger partial charge in [-0.2, -0.15) is 0 Å². The molecule has 0 spiro atoms. The third-order valence-electron chi connectivity index (χ3n) is 4.52. The molecule has 3 aromatic carbocycles. The number of benzene rings is 3. The van der Waals surface area contributed by atoms with Crippen LogP contribution in [0.3, 0.4) is 0 Å². The summed E-state index contributed by atoms with van der Waals surface area (Å²) in [4.78, 5) is 24.7. The number of carbonyl (C=O) groups excluding carboxylic acids is 2. The van der Waals surface area contributed by atoms with Gasteiger partial charge in [-0.25, -0.2) is 0 Å². The van der Waals surface area contributed by atoms with E-state index in [-0.39, 0.29) is 23.9 Å². The molecule has 0 unspecified atom stereocenters. The molecule has 0 atom stereocenters. The second kappa shape index (κ2) is 13.3. The van der Waals surface area contributed by atoms with E-state index < -0.39 is 11.8 Å². The van der Waals surface area contributed by atoms with Crippen molar-refractivity contribution in [2.75, 3.05) is 19.8 Å². The zero-order chi connectivity index (χ0) is 25.0. The molecule has 0 radical (unpaired) electrons. The SMILES string of the molecule is Cc1cc(Br)ccc1OCC(=O)NNC(=S)NC(=O)c1ccccc1OCCOc1ccccc1. The Morgan fingerprint density at radius 3 is 2.34 bits per heavy atom. The number of halogens is 1. The van der Waals surface area contributed by atoms with E-state index in [1.807, 2.05) is 49.4 Å². The molecular formula is C25H24BrN3O5S. The van der Waals surface area contributed by atoms with Gasteiger partial charge in [0, 0.05) is 4.47 Å². The predicted molar refractivity (Wildman–Crippen MR) is 140 cm³/mol. The highest BCUT2D eigenvalue weighted by atomic mass is 79.9. The number of ether oxygens (including phenoxy) is 3. The molecule has 10 heteroatoms. The summed E-state index contributed by atoms with van der Waals surface area (Å²) < 4.78 is 17.7. The minimum absolute atomic E-state index is 0.0783. The van der Waals surface area contributed by atoms with Crippen LogP contribution in [0.5, 0.6) is 17.2 Å². The number of nitrogens with one attached hydrogen (secondary N) is 3. The minimum atomic E-state index is -0.488. The van der Waals surface area contributed by atoms with Crippen LogP contribution in [0.15, 0.2) is 77.3 Å². The fourth-order valence-electron chi connectivity index (χ4n) is 2.89. The molecule has 0 saturated carbocycles. The van der Waals surface area contributed by atoms with Gasteiger partial charge in [-0.1, -0.05) is 46.3 Å². The van der Waals surface area contributed by atoms with Crippen LogP contribution in [-0.4, -0.2) is 36.7 Å². The highest BCUT2D eigenvalue weighted by Crippen LogP contribution is 2.22. The number of carbonyl (C=O) groups is 2. The number of hydrogen-bond donors (Lipinski definition) is 3. The van der Waals surface area contributed by atoms with Crippen LogP contribution < -0.4 is 30.4 Å². The van der Waals surface area contributed by atoms with Crippen molar-refractivity contribution in [2.45, 2.75) is 6.92 Å². The molecular weight excluding hydrogens is 534 g/mol. The van der Waals surface area contributed by atoms with Gasteiger partial charge in [0.1, 0.15) is 30.5 Å². The first-order valence-corrected chi connectivity index (χ1v) is 11.8. The van der Waals surface area contributed by atoms with Crippen LogP contribution in [0, 0.1) is 6.92 Å². The molecule has 0 heterocycles. The number of rotatable bonds is 9. The van der Waals surface area contributed by atoms with Gasteiger partial charge in [0.25, 0.3) is 11.8 Å². The number of hydrazine groups is 1. The lowest BCUT2D eigenvalue weighted by atomic mass is 10.2. The van der Waals surface area contributed by atoms with Gasteiger partial charge in [0.15, 0.2) is 11.7 Å². The highest BCUT2D eigenvalue weighted by molar-refractivity contribution is 9.10. The summed E-state index contributed by atoms with van der Waals surface area (Å²) in [6.07, 6.45) is 0. The summed E-state index contributed by atoms with van der Waals surface area (Å²) in [6.45, 7) is 2.20. The van der Waals surface area contributed by atoms with Crippen LogP contribution in [0.1, 0.15) is 15.9 Å². The first-order chi connectivity index (χ1) is 16.9. The molecule has 3 aromatic rings. The summed E-state index contributed by atoms with van der Waals surface area (Å²) in [5.41, 5.74) is 6.04. The van der Waals surface area contributed by atoms with Crippen LogP contribution in [0.2, 0.25) is 0 Å². The molecule has 0 fully saturated rings. The van der Waals surface area contributed by atoms with Gasteiger partial charge in [-0.05, 0) is 67.2 Å². The average Bonchev–Trinajstić information content (AvgIpc) is 2.85. The number of hydrogen-bond acceptors (Lipinski definition) is 6. The van der Waals surface area contributed by atoms with Gasteiger partial charge < -0.3 is 14.2 Å². The molecule has 2 amide bonds. The van der Waals surface area contributed by atoms with Crippen LogP contribution >= 0.6 is 28.1 Å². The molecule has 8 nitrogen and oxygen atoms in total. The van der Waals surface area contributed by atoms with Crippen molar-refractivity contribution in [3.8, 4) is 17.2 Å². The molecule has 182 valence electrons. The second-order valence-corrected chi connectivity index (χ2v) is 8.48. The second-order valence-electron chi connectivity index (χ2n) is 7.16. The smallest absolute Gasteiger partial charge is 0.276 e. The molecule has 0 aliphatic heterocycles. The number of para-hydroxylation sites is 2. The van der Waals surface area contributed by atoms with Crippen molar-refractivity contribution in [3.63, 3.8) is 0 Å². The van der Waals surface area contributed by atoms with E-state index in [1.165, 1.54) is 0 Å². The standard InChI is InChI=1S/C25H24BrN3O5S/c1-17-15-18(26)11-12-21(17)34-16-23(30)28-29-25(35)27-24(31)20-9-5-6-10-22(20)33-14-13-32-19-7-3-2-4-8-19/h2-12,15H,13-14,16H2,1H3,(H,28,30)(H2,27,29,31,35). The maximum absolute atomic E-state index is 12.7. The first kappa shape index (κ1) is 26.0.